The van der Waals surface area contributed by atoms with Crippen molar-refractivity contribution >= 4 is 24.1 Å². The number of H-pyrrole nitrogens is 1. The summed E-state index contributed by atoms with van der Waals surface area (Å²) in [5, 5.41) is 10.1. The Kier molecular flexibility index (Phi) is 7.18. The lowest BCUT2D eigenvalue weighted by Gasteiger charge is -2.14. The van der Waals surface area contributed by atoms with Crippen molar-refractivity contribution in [2.24, 2.45) is 11.7 Å². The Balaban J connectivity index is 0.00000220. The van der Waals surface area contributed by atoms with Crippen LogP contribution in [0.4, 0.5) is 5.82 Å². The van der Waals surface area contributed by atoms with E-state index in [1.807, 2.05) is 19.9 Å². The maximum absolute atomic E-state index is 11.9. The molecule has 0 aliphatic heterocycles. The molecule has 1 heterocycles. The fraction of sp³-hybridized carbons (Fsp3) is 0.733. The van der Waals surface area contributed by atoms with E-state index in [4.69, 9.17) is 5.73 Å². The van der Waals surface area contributed by atoms with Crippen LogP contribution in [0.3, 0.4) is 0 Å². The van der Waals surface area contributed by atoms with Crippen molar-refractivity contribution in [2.75, 3.05) is 5.32 Å². The lowest BCUT2D eigenvalue weighted by molar-refractivity contribution is -0.119. The molecule has 1 aliphatic carbocycles. The molecule has 5 nitrogen and oxygen atoms in total. The Bertz CT molecular complexity index is 439. The van der Waals surface area contributed by atoms with Gasteiger partial charge in [0.05, 0.1) is 5.92 Å². The van der Waals surface area contributed by atoms with Crippen LogP contribution in [0.5, 0.6) is 0 Å². The van der Waals surface area contributed by atoms with E-state index in [0.29, 0.717) is 11.7 Å². The van der Waals surface area contributed by atoms with Gasteiger partial charge in [0.25, 0.3) is 0 Å². The molecule has 2 unspecified atom stereocenters. The minimum Gasteiger partial charge on any atom is -0.327 e. The van der Waals surface area contributed by atoms with Gasteiger partial charge in [-0.1, -0.05) is 32.6 Å². The van der Waals surface area contributed by atoms with Gasteiger partial charge in [-0.3, -0.25) is 9.89 Å². The van der Waals surface area contributed by atoms with Crippen molar-refractivity contribution < 1.29 is 4.79 Å². The van der Waals surface area contributed by atoms with Crippen LogP contribution in [0.25, 0.3) is 0 Å². The number of nitrogens with one attached hydrogen (secondary N) is 2. The third-order valence-corrected chi connectivity index (χ3v) is 4.35. The van der Waals surface area contributed by atoms with E-state index in [1.54, 1.807) is 0 Å². The van der Waals surface area contributed by atoms with E-state index < -0.39 is 0 Å². The molecule has 2 rings (SSSR count). The van der Waals surface area contributed by atoms with Gasteiger partial charge in [0.2, 0.25) is 5.91 Å². The van der Waals surface area contributed by atoms with Crippen LogP contribution in [0.2, 0.25) is 0 Å². The average molecular weight is 315 g/mol. The molecule has 1 aromatic heterocycles. The summed E-state index contributed by atoms with van der Waals surface area (Å²) in [6, 6.07) is 1.82. The van der Waals surface area contributed by atoms with Crippen molar-refractivity contribution in [1.82, 2.24) is 10.2 Å². The molecule has 0 saturated heterocycles. The van der Waals surface area contributed by atoms with E-state index in [-0.39, 0.29) is 30.3 Å². The Hall–Kier alpha value is -1.07. The first-order chi connectivity index (χ1) is 9.58. The van der Waals surface area contributed by atoms with Gasteiger partial charge in [0.15, 0.2) is 5.82 Å². The summed E-state index contributed by atoms with van der Waals surface area (Å²) in [6.45, 7) is 3.67. The number of aromatic nitrogens is 2. The van der Waals surface area contributed by atoms with Crippen molar-refractivity contribution in [1.29, 1.82) is 0 Å². The number of nitrogens with two attached hydrogens (primary N) is 1. The number of amides is 1. The van der Waals surface area contributed by atoms with E-state index in [1.165, 1.54) is 38.5 Å². The van der Waals surface area contributed by atoms with Crippen molar-refractivity contribution in [3.8, 4) is 0 Å². The summed E-state index contributed by atoms with van der Waals surface area (Å²) in [6.07, 6.45) is 7.66. The molecular formula is C15H27ClN4O. The van der Waals surface area contributed by atoms with Gasteiger partial charge >= 0.3 is 0 Å². The Labute approximate surface area is 132 Å². The summed E-state index contributed by atoms with van der Waals surface area (Å²) in [4.78, 5) is 11.9. The monoisotopic (exact) mass is 314 g/mol. The first kappa shape index (κ1) is 18.0. The van der Waals surface area contributed by atoms with Crippen LogP contribution in [0.15, 0.2) is 6.07 Å². The fourth-order valence-electron chi connectivity index (χ4n) is 2.68. The van der Waals surface area contributed by atoms with E-state index >= 15 is 0 Å². The molecule has 1 aromatic rings. The number of carbonyl (C=O) groups is 1. The molecule has 1 amide bonds. The molecule has 6 heteroatoms. The summed E-state index contributed by atoms with van der Waals surface area (Å²) in [5.74, 6) is 0.884. The molecule has 0 radical (unpaired) electrons. The second kappa shape index (κ2) is 8.39. The average Bonchev–Trinajstić information content (AvgIpc) is 2.71. The van der Waals surface area contributed by atoms with Crippen molar-refractivity contribution in [3.63, 3.8) is 0 Å². The maximum atomic E-state index is 11.9. The number of halogens is 1. The molecule has 21 heavy (non-hydrogen) atoms. The van der Waals surface area contributed by atoms with Crippen LogP contribution in [0.1, 0.15) is 64.0 Å². The van der Waals surface area contributed by atoms with Gasteiger partial charge in [-0.25, -0.2) is 0 Å². The molecule has 2 atom stereocenters. The zero-order valence-electron chi connectivity index (χ0n) is 12.9. The van der Waals surface area contributed by atoms with Crippen LogP contribution in [-0.4, -0.2) is 22.1 Å². The third-order valence-electron chi connectivity index (χ3n) is 4.35. The van der Waals surface area contributed by atoms with E-state index in [0.717, 1.165) is 5.69 Å². The standard InChI is InChI=1S/C15H26N4O.ClH/c1-10(11(2)16)15(20)17-14-9-13(18-19-14)12-7-5-3-4-6-8-12;/h9-12H,3-8,16H2,1-2H3,(H2,17,18,19,20);1H. The minimum absolute atomic E-state index is 0. The molecule has 1 aliphatic rings. The first-order valence-corrected chi connectivity index (χ1v) is 7.69. The van der Waals surface area contributed by atoms with Gasteiger partial charge in [-0.05, 0) is 19.8 Å². The molecule has 4 N–H and O–H groups in total. The van der Waals surface area contributed by atoms with Gasteiger partial charge in [0, 0.05) is 23.7 Å². The summed E-state index contributed by atoms with van der Waals surface area (Å²) >= 11 is 0. The number of aromatic amines is 1. The van der Waals surface area contributed by atoms with Crippen LogP contribution < -0.4 is 11.1 Å². The summed E-state index contributed by atoms with van der Waals surface area (Å²) in [7, 11) is 0. The predicted molar refractivity (Wildman–Crippen MR) is 87.7 cm³/mol. The lowest BCUT2D eigenvalue weighted by atomic mass is 9.97. The molecule has 1 saturated carbocycles. The van der Waals surface area contributed by atoms with Crippen molar-refractivity contribution in [3.05, 3.63) is 11.8 Å². The lowest BCUT2D eigenvalue weighted by Crippen LogP contribution is -2.34. The van der Waals surface area contributed by atoms with Gasteiger partial charge in [0.1, 0.15) is 0 Å². The number of rotatable bonds is 4. The number of carbonyl (C=O) groups excluding carboxylic acids is 1. The van der Waals surface area contributed by atoms with E-state index in [9.17, 15) is 4.79 Å². The number of hydrogen-bond donors (Lipinski definition) is 3. The summed E-state index contributed by atoms with van der Waals surface area (Å²) < 4.78 is 0. The molecule has 120 valence electrons. The zero-order chi connectivity index (χ0) is 14.5. The molecular weight excluding hydrogens is 288 g/mol. The minimum atomic E-state index is -0.215. The highest BCUT2D eigenvalue weighted by atomic mass is 35.5. The topological polar surface area (TPSA) is 83.8 Å². The van der Waals surface area contributed by atoms with Gasteiger partial charge in [-0.2, -0.15) is 5.10 Å². The Morgan fingerprint density at radius 2 is 1.95 bits per heavy atom. The first-order valence-electron chi connectivity index (χ1n) is 7.69. The summed E-state index contributed by atoms with van der Waals surface area (Å²) in [5.41, 5.74) is 6.89. The normalized spacial score (nSPS) is 19.2. The Morgan fingerprint density at radius 3 is 2.52 bits per heavy atom. The van der Waals surface area contributed by atoms with Gasteiger partial charge in [-0.15, -0.1) is 12.4 Å². The predicted octanol–water partition coefficient (Wildman–Crippen LogP) is 3.19. The number of anilines is 1. The highest BCUT2D eigenvalue weighted by Crippen LogP contribution is 2.31. The largest absolute Gasteiger partial charge is 0.327 e. The smallest absolute Gasteiger partial charge is 0.229 e. The second-order valence-corrected chi connectivity index (χ2v) is 6.03. The molecule has 0 bridgehead atoms. The second-order valence-electron chi connectivity index (χ2n) is 6.03. The SMILES string of the molecule is CC(N)C(C)C(=O)Nc1cc(C2CCCCCC2)[nH]n1.Cl. The fourth-order valence-corrected chi connectivity index (χ4v) is 2.68. The van der Waals surface area contributed by atoms with Crippen LogP contribution in [0, 0.1) is 5.92 Å². The zero-order valence-corrected chi connectivity index (χ0v) is 13.7. The Morgan fingerprint density at radius 1 is 1.33 bits per heavy atom. The highest BCUT2D eigenvalue weighted by Gasteiger charge is 2.20. The molecule has 0 aromatic carbocycles. The van der Waals surface area contributed by atoms with Crippen LogP contribution >= 0.6 is 12.4 Å². The molecule has 1 fully saturated rings. The number of hydrogen-bond acceptors (Lipinski definition) is 3. The van der Waals surface area contributed by atoms with Crippen molar-refractivity contribution in [2.45, 2.75) is 64.3 Å². The maximum Gasteiger partial charge on any atom is 0.229 e. The molecule has 0 spiro atoms. The van der Waals surface area contributed by atoms with Crippen LogP contribution in [-0.2, 0) is 4.79 Å². The van der Waals surface area contributed by atoms with E-state index in [2.05, 4.69) is 15.5 Å². The quantitative estimate of drug-likeness (QED) is 0.746. The highest BCUT2D eigenvalue weighted by molar-refractivity contribution is 5.91. The van der Waals surface area contributed by atoms with Gasteiger partial charge < -0.3 is 11.1 Å². The third kappa shape index (κ3) is 5.00. The number of nitrogens with zero attached hydrogens (tertiary/aromatic N) is 1.